The number of likely N-dealkylation sites (tertiary alicyclic amines) is 1. The van der Waals surface area contributed by atoms with E-state index in [9.17, 15) is 14.7 Å². The number of carboxylic acids is 1. The number of nitrogens with zero attached hydrogens (tertiary/aromatic N) is 1. The van der Waals surface area contributed by atoms with Crippen LogP contribution >= 0.6 is 11.6 Å². The van der Waals surface area contributed by atoms with Gasteiger partial charge in [0.15, 0.2) is 0 Å². The molecule has 1 N–H and O–H groups in total. The van der Waals surface area contributed by atoms with Gasteiger partial charge in [-0.15, -0.1) is 0 Å². The number of aliphatic carboxylic acids is 1. The van der Waals surface area contributed by atoms with Crippen LogP contribution in [-0.2, 0) is 15.0 Å². The largest absolute Gasteiger partial charge is 0.481 e. The van der Waals surface area contributed by atoms with Crippen LogP contribution < -0.4 is 0 Å². The summed E-state index contributed by atoms with van der Waals surface area (Å²) in [4.78, 5) is 26.8. The molecule has 1 heterocycles. The van der Waals surface area contributed by atoms with Crippen molar-refractivity contribution in [1.29, 1.82) is 0 Å². The lowest BCUT2D eigenvalue weighted by Gasteiger charge is -2.39. The van der Waals surface area contributed by atoms with Gasteiger partial charge in [-0.25, -0.2) is 0 Å². The quantitative estimate of drug-likeness (QED) is 0.865. The van der Waals surface area contributed by atoms with E-state index in [0.29, 0.717) is 31.0 Å². The van der Waals surface area contributed by atoms with E-state index < -0.39 is 11.4 Å². The SMILES string of the molecule is O=C(C1CC1c1cccc(Cl)c1)N1CCC(C(=O)O)(c2ccccc2)CC1. The third-order valence-corrected chi connectivity index (χ3v) is 6.28. The molecular formula is C22H22ClNO3. The van der Waals surface area contributed by atoms with Gasteiger partial charge >= 0.3 is 5.97 Å². The fourth-order valence-electron chi connectivity index (χ4n) is 4.30. The van der Waals surface area contributed by atoms with Crippen LogP contribution in [0.15, 0.2) is 54.6 Å². The average molecular weight is 384 g/mol. The molecule has 0 spiro atoms. The summed E-state index contributed by atoms with van der Waals surface area (Å²) >= 11 is 6.06. The number of halogens is 1. The molecule has 0 aromatic heterocycles. The van der Waals surface area contributed by atoms with Gasteiger partial charge in [0.2, 0.25) is 5.91 Å². The number of carboxylic acid groups (broad SMARTS) is 1. The molecule has 4 rings (SSSR count). The van der Waals surface area contributed by atoms with E-state index in [0.717, 1.165) is 17.5 Å². The minimum Gasteiger partial charge on any atom is -0.481 e. The van der Waals surface area contributed by atoms with Gasteiger partial charge in [-0.3, -0.25) is 9.59 Å². The van der Waals surface area contributed by atoms with E-state index in [-0.39, 0.29) is 17.7 Å². The molecule has 27 heavy (non-hydrogen) atoms. The van der Waals surface area contributed by atoms with E-state index in [2.05, 4.69) is 0 Å². The van der Waals surface area contributed by atoms with E-state index in [1.807, 2.05) is 59.5 Å². The zero-order valence-corrected chi connectivity index (χ0v) is 15.7. The number of piperidine rings is 1. The number of amides is 1. The van der Waals surface area contributed by atoms with Gasteiger partial charge in [0.25, 0.3) is 0 Å². The molecule has 2 atom stereocenters. The third-order valence-electron chi connectivity index (χ3n) is 6.05. The lowest BCUT2D eigenvalue weighted by molar-refractivity contribution is -0.148. The maximum absolute atomic E-state index is 12.9. The standard InChI is InChI=1S/C22H22ClNO3/c23-17-8-4-5-15(13-17)18-14-19(18)20(25)24-11-9-22(10-12-24,21(26)27)16-6-2-1-3-7-16/h1-8,13,18-19H,9-12,14H2,(H,26,27). The summed E-state index contributed by atoms with van der Waals surface area (Å²) < 4.78 is 0. The third kappa shape index (κ3) is 3.34. The first-order chi connectivity index (χ1) is 13.0. The predicted molar refractivity (Wildman–Crippen MR) is 104 cm³/mol. The molecule has 2 aromatic carbocycles. The summed E-state index contributed by atoms with van der Waals surface area (Å²) in [5, 5.41) is 10.6. The fourth-order valence-corrected chi connectivity index (χ4v) is 4.50. The van der Waals surface area contributed by atoms with Crippen LogP contribution in [-0.4, -0.2) is 35.0 Å². The molecule has 5 heteroatoms. The van der Waals surface area contributed by atoms with Crippen LogP contribution in [0.5, 0.6) is 0 Å². The second-order valence-electron chi connectivity index (χ2n) is 7.58. The Bertz CT molecular complexity index is 859. The topological polar surface area (TPSA) is 57.6 Å². The van der Waals surface area contributed by atoms with Crippen molar-refractivity contribution in [3.8, 4) is 0 Å². The van der Waals surface area contributed by atoms with Gasteiger partial charge in [-0.2, -0.15) is 0 Å². The monoisotopic (exact) mass is 383 g/mol. The molecule has 1 aliphatic carbocycles. The van der Waals surface area contributed by atoms with Crippen LogP contribution in [0, 0.1) is 5.92 Å². The van der Waals surface area contributed by atoms with Gasteiger partial charge in [0.05, 0.1) is 5.41 Å². The Morgan fingerprint density at radius 1 is 1.04 bits per heavy atom. The van der Waals surface area contributed by atoms with E-state index in [1.165, 1.54) is 0 Å². The molecule has 1 aliphatic heterocycles. The van der Waals surface area contributed by atoms with Crippen LogP contribution in [0.3, 0.4) is 0 Å². The minimum absolute atomic E-state index is 0.00230. The second-order valence-corrected chi connectivity index (χ2v) is 8.02. The maximum atomic E-state index is 12.9. The zero-order valence-electron chi connectivity index (χ0n) is 15.0. The average Bonchev–Trinajstić information content (AvgIpc) is 3.49. The molecule has 2 unspecified atom stereocenters. The van der Waals surface area contributed by atoms with Gasteiger partial charge in [-0.1, -0.05) is 54.1 Å². The van der Waals surface area contributed by atoms with E-state index in [4.69, 9.17) is 11.6 Å². The Labute approximate surface area is 163 Å². The highest BCUT2D eigenvalue weighted by molar-refractivity contribution is 6.30. The molecule has 1 saturated heterocycles. The number of carbonyl (C=O) groups is 2. The molecule has 0 radical (unpaired) electrons. The lowest BCUT2D eigenvalue weighted by atomic mass is 9.73. The molecule has 140 valence electrons. The molecule has 1 saturated carbocycles. The maximum Gasteiger partial charge on any atom is 0.314 e. The first-order valence-electron chi connectivity index (χ1n) is 9.34. The van der Waals surface area contributed by atoms with E-state index >= 15 is 0 Å². The Hall–Kier alpha value is -2.33. The zero-order chi connectivity index (χ0) is 19.0. The number of hydrogen-bond donors (Lipinski definition) is 1. The van der Waals surface area contributed by atoms with Crippen molar-refractivity contribution in [1.82, 2.24) is 4.90 Å². The van der Waals surface area contributed by atoms with E-state index in [1.54, 1.807) is 0 Å². The highest BCUT2D eigenvalue weighted by Crippen LogP contribution is 2.49. The van der Waals surface area contributed by atoms with Crippen LogP contribution in [0.1, 0.15) is 36.3 Å². The van der Waals surface area contributed by atoms with Crippen molar-refractivity contribution in [2.75, 3.05) is 13.1 Å². The summed E-state index contributed by atoms with van der Waals surface area (Å²) in [5.74, 6) is -0.426. The van der Waals surface area contributed by atoms with Gasteiger partial charge in [0, 0.05) is 24.0 Å². The van der Waals surface area contributed by atoms with Crippen LogP contribution in [0.4, 0.5) is 0 Å². The van der Waals surface area contributed by atoms with Crippen molar-refractivity contribution in [2.45, 2.75) is 30.6 Å². The lowest BCUT2D eigenvalue weighted by Crippen LogP contribution is -2.49. The summed E-state index contributed by atoms with van der Waals surface area (Å²) in [5.41, 5.74) is 1.04. The van der Waals surface area contributed by atoms with Crippen molar-refractivity contribution in [3.63, 3.8) is 0 Å². The van der Waals surface area contributed by atoms with Crippen LogP contribution in [0.25, 0.3) is 0 Å². The van der Waals surface area contributed by atoms with Crippen molar-refractivity contribution in [2.24, 2.45) is 5.92 Å². The first kappa shape index (κ1) is 18.1. The van der Waals surface area contributed by atoms with Crippen LogP contribution in [0.2, 0.25) is 5.02 Å². The summed E-state index contributed by atoms with van der Waals surface area (Å²) in [6.45, 7) is 0.970. The number of rotatable bonds is 4. The Morgan fingerprint density at radius 3 is 2.37 bits per heavy atom. The van der Waals surface area contributed by atoms with Gasteiger partial charge < -0.3 is 10.0 Å². The second kappa shape index (κ2) is 7.01. The fraction of sp³-hybridized carbons (Fsp3) is 0.364. The van der Waals surface area contributed by atoms with Gasteiger partial charge in [-0.05, 0) is 48.4 Å². The molecule has 2 aliphatic rings. The summed E-state index contributed by atoms with van der Waals surface area (Å²) in [6.07, 6.45) is 1.75. The Morgan fingerprint density at radius 2 is 1.74 bits per heavy atom. The molecule has 2 aromatic rings. The number of carbonyl (C=O) groups excluding carboxylic acids is 1. The van der Waals surface area contributed by atoms with Crippen molar-refractivity contribution >= 4 is 23.5 Å². The summed E-state index contributed by atoms with van der Waals surface area (Å²) in [6, 6.07) is 17.1. The summed E-state index contributed by atoms with van der Waals surface area (Å²) in [7, 11) is 0. The highest BCUT2D eigenvalue weighted by Gasteiger charge is 2.49. The smallest absolute Gasteiger partial charge is 0.314 e. The Balaban J connectivity index is 1.43. The normalized spacial score (nSPS) is 23.7. The first-order valence-corrected chi connectivity index (χ1v) is 9.72. The molecule has 2 fully saturated rings. The number of benzene rings is 2. The predicted octanol–water partition coefficient (Wildman–Crippen LogP) is 4.09. The minimum atomic E-state index is -0.895. The molecule has 0 bridgehead atoms. The molecule has 1 amide bonds. The van der Waals surface area contributed by atoms with Gasteiger partial charge in [0.1, 0.15) is 0 Å². The van der Waals surface area contributed by atoms with Crippen molar-refractivity contribution in [3.05, 3.63) is 70.7 Å². The Kier molecular flexibility index (Phi) is 4.68. The molecular weight excluding hydrogens is 362 g/mol. The highest BCUT2D eigenvalue weighted by atomic mass is 35.5. The van der Waals surface area contributed by atoms with Crippen molar-refractivity contribution < 1.29 is 14.7 Å². The molecule has 4 nitrogen and oxygen atoms in total. The number of hydrogen-bond acceptors (Lipinski definition) is 2.